The lowest BCUT2D eigenvalue weighted by Gasteiger charge is -2.22. The summed E-state index contributed by atoms with van der Waals surface area (Å²) in [5.74, 6) is 0.474. The molecule has 0 fully saturated rings. The molecule has 0 aliphatic rings. The number of hydrogen-bond acceptors (Lipinski definition) is 4. The van der Waals surface area contributed by atoms with E-state index in [0.29, 0.717) is 23.5 Å². The van der Waals surface area contributed by atoms with Crippen LogP contribution in [0.25, 0.3) is 0 Å². The largest absolute Gasteiger partial charge is 0.494 e. The highest BCUT2D eigenvalue weighted by molar-refractivity contribution is 5.94. The second-order valence-corrected chi connectivity index (χ2v) is 4.66. The molecule has 1 N–H and O–H groups in total. The van der Waals surface area contributed by atoms with Gasteiger partial charge in [0.25, 0.3) is 6.43 Å². The van der Waals surface area contributed by atoms with E-state index in [1.54, 1.807) is 18.2 Å². The molecule has 1 aromatic rings. The third kappa shape index (κ3) is 5.77. The molecular formula is C15H21F2NO3. The molecule has 1 rings (SSSR count). The van der Waals surface area contributed by atoms with Gasteiger partial charge >= 0.3 is 0 Å². The number of carbonyl (C=O) groups excluding carboxylic acids is 1. The third-order valence-electron chi connectivity index (χ3n) is 2.97. The Balaban J connectivity index is 2.99. The molecule has 0 saturated carbocycles. The number of halogens is 2. The second kappa shape index (κ2) is 8.69. The molecular weight excluding hydrogens is 280 g/mol. The first kappa shape index (κ1) is 17.5. The van der Waals surface area contributed by atoms with E-state index in [4.69, 9.17) is 9.84 Å². The molecule has 0 atom stereocenters. The first-order valence-electron chi connectivity index (χ1n) is 6.86. The van der Waals surface area contributed by atoms with E-state index in [-0.39, 0.29) is 25.5 Å². The zero-order chi connectivity index (χ0) is 15.8. The zero-order valence-electron chi connectivity index (χ0n) is 12.3. The van der Waals surface area contributed by atoms with Crippen LogP contribution < -0.4 is 4.74 Å². The first-order chi connectivity index (χ1) is 9.97. The van der Waals surface area contributed by atoms with Crippen molar-refractivity contribution in [2.24, 2.45) is 0 Å². The minimum atomic E-state index is -2.48. The maximum Gasteiger partial charge on any atom is 0.251 e. The molecule has 0 radical (unpaired) electrons. The van der Waals surface area contributed by atoms with Gasteiger partial charge in [-0.2, -0.15) is 0 Å². The average molecular weight is 301 g/mol. The summed E-state index contributed by atoms with van der Waals surface area (Å²) in [7, 11) is 0. The number of rotatable bonds is 9. The molecule has 0 bridgehead atoms. The van der Waals surface area contributed by atoms with Crippen LogP contribution >= 0.6 is 0 Å². The van der Waals surface area contributed by atoms with Crippen molar-refractivity contribution in [2.45, 2.75) is 26.8 Å². The Morgan fingerprint density at radius 1 is 1.43 bits per heavy atom. The molecule has 0 saturated heterocycles. The normalized spacial score (nSPS) is 11.2. The van der Waals surface area contributed by atoms with E-state index >= 15 is 0 Å². The highest BCUT2D eigenvalue weighted by Crippen LogP contribution is 2.23. The number of Topliss-reactive ketones (excluding diaryl/α,β-unsaturated/α-hetero) is 1. The Morgan fingerprint density at radius 2 is 2.14 bits per heavy atom. The van der Waals surface area contributed by atoms with E-state index in [1.165, 1.54) is 11.8 Å². The summed E-state index contributed by atoms with van der Waals surface area (Å²) in [5.41, 5.74) is 1.17. The molecule has 0 heterocycles. The number of benzene rings is 1. The lowest BCUT2D eigenvalue weighted by atomic mass is 10.1. The highest BCUT2D eigenvalue weighted by atomic mass is 19.3. The number of alkyl halides is 2. The van der Waals surface area contributed by atoms with Crippen molar-refractivity contribution in [3.05, 3.63) is 29.3 Å². The number of carbonyl (C=O) groups is 1. The minimum Gasteiger partial charge on any atom is -0.494 e. The van der Waals surface area contributed by atoms with E-state index in [9.17, 15) is 13.6 Å². The van der Waals surface area contributed by atoms with Crippen LogP contribution in [0.15, 0.2) is 18.2 Å². The number of ketones is 1. The van der Waals surface area contributed by atoms with Crippen molar-refractivity contribution < 1.29 is 23.4 Å². The summed E-state index contributed by atoms with van der Waals surface area (Å²) in [5, 5.41) is 8.97. The Morgan fingerprint density at radius 3 is 2.67 bits per heavy atom. The summed E-state index contributed by atoms with van der Waals surface area (Å²) < 4.78 is 30.6. The molecule has 1 aromatic carbocycles. The van der Waals surface area contributed by atoms with Crippen LogP contribution in [-0.4, -0.2) is 48.5 Å². The van der Waals surface area contributed by atoms with Crippen molar-refractivity contribution in [2.75, 3.05) is 26.3 Å². The minimum absolute atomic E-state index is 0.0955. The van der Waals surface area contributed by atoms with Crippen LogP contribution in [-0.2, 0) is 6.54 Å². The summed E-state index contributed by atoms with van der Waals surface area (Å²) in [6.07, 6.45) is -2.48. The molecule has 0 aliphatic carbocycles. The second-order valence-electron chi connectivity index (χ2n) is 4.66. The van der Waals surface area contributed by atoms with E-state index in [1.807, 2.05) is 6.92 Å². The van der Waals surface area contributed by atoms with E-state index in [2.05, 4.69) is 0 Å². The topological polar surface area (TPSA) is 49.8 Å². The van der Waals surface area contributed by atoms with Crippen LogP contribution in [0, 0.1) is 0 Å². The third-order valence-corrected chi connectivity index (χ3v) is 2.97. The van der Waals surface area contributed by atoms with Crippen LogP contribution in [0.3, 0.4) is 0 Å². The Hall–Kier alpha value is -1.53. The van der Waals surface area contributed by atoms with Gasteiger partial charge in [0.2, 0.25) is 0 Å². The van der Waals surface area contributed by atoms with Gasteiger partial charge in [-0.1, -0.05) is 0 Å². The molecule has 0 spiro atoms. The highest BCUT2D eigenvalue weighted by Gasteiger charge is 2.15. The van der Waals surface area contributed by atoms with Crippen LogP contribution in [0.4, 0.5) is 8.78 Å². The van der Waals surface area contributed by atoms with Gasteiger partial charge in [0.05, 0.1) is 19.8 Å². The van der Waals surface area contributed by atoms with Gasteiger partial charge in [-0.05, 0) is 32.0 Å². The van der Waals surface area contributed by atoms with Gasteiger partial charge in [-0.25, -0.2) is 8.78 Å². The summed E-state index contributed by atoms with van der Waals surface area (Å²) in [6, 6.07) is 4.98. The summed E-state index contributed by atoms with van der Waals surface area (Å²) in [4.78, 5) is 12.9. The van der Waals surface area contributed by atoms with E-state index < -0.39 is 13.0 Å². The summed E-state index contributed by atoms with van der Waals surface area (Å²) in [6.45, 7) is 3.42. The van der Waals surface area contributed by atoms with Crippen molar-refractivity contribution in [1.82, 2.24) is 4.90 Å². The van der Waals surface area contributed by atoms with Crippen LogP contribution in [0.2, 0.25) is 0 Å². The maximum atomic E-state index is 12.6. The van der Waals surface area contributed by atoms with E-state index in [0.717, 1.165) is 0 Å². The van der Waals surface area contributed by atoms with Crippen molar-refractivity contribution in [3.8, 4) is 5.75 Å². The lowest BCUT2D eigenvalue weighted by Crippen LogP contribution is -2.31. The molecule has 0 aromatic heterocycles. The first-order valence-corrected chi connectivity index (χ1v) is 6.86. The molecule has 4 nitrogen and oxygen atoms in total. The van der Waals surface area contributed by atoms with Gasteiger partial charge in [-0.15, -0.1) is 0 Å². The molecule has 0 unspecified atom stereocenters. The van der Waals surface area contributed by atoms with Crippen molar-refractivity contribution >= 4 is 5.78 Å². The molecule has 0 amide bonds. The van der Waals surface area contributed by atoms with Gasteiger partial charge in [0.1, 0.15) is 5.75 Å². The average Bonchev–Trinajstić information content (AvgIpc) is 2.40. The maximum absolute atomic E-state index is 12.6. The van der Waals surface area contributed by atoms with Gasteiger partial charge < -0.3 is 9.84 Å². The fourth-order valence-corrected chi connectivity index (χ4v) is 2.03. The Labute approximate surface area is 123 Å². The molecule has 118 valence electrons. The summed E-state index contributed by atoms with van der Waals surface area (Å²) >= 11 is 0. The number of aliphatic hydroxyl groups is 1. The molecule has 21 heavy (non-hydrogen) atoms. The number of aliphatic hydroxyl groups excluding tert-OH is 1. The predicted molar refractivity (Wildman–Crippen MR) is 76.0 cm³/mol. The van der Waals surface area contributed by atoms with Crippen LogP contribution in [0.5, 0.6) is 5.75 Å². The number of ether oxygens (including phenoxy) is 1. The van der Waals surface area contributed by atoms with Gasteiger partial charge in [0, 0.05) is 24.2 Å². The number of nitrogens with zero attached hydrogens (tertiary/aromatic N) is 1. The Kier molecular flexibility index (Phi) is 7.25. The standard InChI is InChI=1S/C15H21F2NO3/c1-3-21-14-5-4-12(11(2)20)8-13(14)9-18(6-7-19)10-15(16)17/h4-5,8,15,19H,3,6-7,9-10H2,1-2H3. The number of hydrogen-bond donors (Lipinski definition) is 1. The fourth-order valence-electron chi connectivity index (χ4n) is 2.03. The smallest absolute Gasteiger partial charge is 0.251 e. The van der Waals surface area contributed by atoms with Crippen LogP contribution in [0.1, 0.15) is 29.8 Å². The SMILES string of the molecule is CCOc1ccc(C(C)=O)cc1CN(CCO)CC(F)F. The molecule has 6 heteroatoms. The lowest BCUT2D eigenvalue weighted by molar-refractivity contribution is 0.0740. The quantitative estimate of drug-likeness (QED) is 0.711. The van der Waals surface area contributed by atoms with Gasteiger partial charge in [-0.3, -0.25) is 9.69 Å². The van der Waals surface area contributed by atoms with Crippen molar-refractivity contribution in [3.63, 3.8) is 0 Å². The van der Waals surface area contributed by atoms with Crippen molar-refractivity contribution in [1.29, 1.82) is 0 Å². The van der Waals surface area contributed by atoms with Gasteiger partial charge in [0.15, 0.2) is 5.78 Å². The Bertz CT molecular complexity index is 466. The predicted octanol–water partition coefficient (Wildman–Crippen LogP) is 2.35. The monoisotopic (exact) mass is 301 g/mol. The zero-order valence-corrected chi connectivity index (χ0v) is 12.3. The fraction of sp³-hybridized carbons (Fsp3) is 0.533. The molecule has 0 aliphatic heterocycles.